The number of nitrogens with one attached hydrogen (secondary N) is 1. The smallest absolute Gasteiger partial charge is 0.266 e. The Labute approximate surface area is 191 Å². The van der Waals surface area contributed by atoms with E-state index < -0.39 is 0 Å². The van der Waals surface area contributed by atoms with Crippen LogP contribution in [0.1, 0.15) is 22.3 Å². The average molecular weight is 444 g/mol. The van der Waals surface area contributed by atoms with E-state index in [4.69, 9.17) is 4.98 Å². The van der Waals surface area contributed by atoms with Gasteiger partial charge in [0.2, 0.25) is 5.91 Å². The number of hydrogen-bond donors (Lipinski definition) is 1. The molecule has 0 bridgehead atoms. The molecule has 4 rings (SSSR count). The lowest BCUT2D eigenvalue weighted by Gasteiger charge is -2.16. The minimum atomic E-state index is -0.145. The van der Waals surface area contributed by atoms with E-state index in [1.165, 1.54) is 17.3 Å². The first-order valence-electron chi connectivity index (χ1n) is 10.4. The minimum Gasteiger partial charge on any atom is -0.325 e. The number of carbonyl (C=O) groups excluding carboxylic acids is 1. The van der Waals surface area contributed by atoms with E-state index in [-0.39, 0.29) is 17.2 Å². The Morgan fingerprint density at radius 2 is 1.72 bits per heavy atom. The second kappa shape index (κ2) is 9.01. The zero-order chi connectivity index (χ0) is 22.8. The van der Waals surface area contributed by atoms with Crippen LogP contribution in [0, 0.1) is 27.7 Å². The molecular formula is C26H25N3O2S. The summed E-state index contributed by atoms with van der Waals surface area (Å²) in [7, 11) is 0. The molecule has 1 N–H and O–H groups in total. The van der Waals surface area contributed by atoms with Gasteiger partial charge in [0.15, 0.2) is 5.16 Å². The van der Waals surface area contributed by atoms with Crippen molar-refractivity contribution in [2.75, 3.05) is 11.1 Å². The van der Waals surface area contributed by atoms with Crippen LogP contribution in [0.2, 0.25) is 0 Å². The highest BCUT2D eigenvalue weighted by molar-refractivity contribution is 7.99. The molecule has 0 atom stereocenters. The second-order valence-corrected chi connectivity index (χ2v) is 8.85. The van der Waals surface area contributed by atoms with Gasteiger partial charge in [-0.3, -0.25) is 14.2 Å². The average Bonchev–Trinajstić information content (AvgIpc) is 2.77. The fourth-order valence-corrected chi connectivity index (χ4v) is 4.35. The quantitative estimate of drug-likeness (QED) is 0.334. The third-order valence-corrected chi connectivity index (χ3v) is 6.62. The van der Waals surface area contributed by atoms with Crippen molar-refractivity contribution in [3.63, 3.8) is 0 Å². The Morgan fingerprint density at radius 1 is 0.938 bits per heavy atom. The predicted octanol–water partition coefficient (Wildman–Crippen LogP) is 5.35. The van der Waals surface area contributed by atoms with Gasteiger partial charge in [0.1, 0.15) is 0 Å². The number of aryl methyl sites for hydroxylation is 3. The fraction of sp³-hybridized carbons (Fsp3) is 0.192. The van der Waals surface area contributed by atoms with Crippen molar-refractivity contribution >= 4 is 34.3 Å². The molecule has 4 aromatic rings. The summed E-state index contributed by atoms with van der Waals surface area (Å²) < 4.78 is 1.62. The van der Waals surface area contributed by atoms with Crippen molar-refractivity contribution in [2.24, 2.45) is 0 Å². The molecule has 6 heteroatoms. The minimum absolute atomic E-state index is 0.138. The molecule has 162 valence electrons. The first-order valence-corrected chi connectivity index (χ1v) is 11.4. The van der Waals surface area contributed by atoms with E-state index in [0.29, 0.717) is 16.1 Å². The number of nitrogens with zero attached hydrogens (tertiary/aromatic N) is 2. The molecule has 1 aromatic heterocycles. The molecule has 0 aliphatic carbocycles. The molecule has 0 aliphatic rings. The topological polar surface area (TPSA) is 64.0 Å². The van der Waals surface area contributed by atoms with Crippen molar-refractivity contribution < 1.29 is 4.79 Å². The van der Waals surface area contributed by atoms with Crippen LogP contribution in [0.3, 0.4) is 0 Å². The monoisotopic (exact) mass is 443 g/mol. The second-order valence-electron chi connectivity index (χ2n) is 7.91. The van der Waals surface area contributed by atoms with E-state index in [1.54, 1.807) is 10.6 Å². The van der Waals surface area contributed by atoms with E-state index >= 15 is 0 Å². The number of para-hydroxylation sites is 1. The summed E-state index contributed by atoms with van der Waals surface area (Å²) in [6.45, 7) is 8.06. The van der Waals surface area contributed by atoms with Gasteiger partial charge < -0.3 is 5.32 Å². The summed E-state index contributed by atoms with van der Waals surface area (Å²) in [6, 6.07) is 19.0. The Morgan fingerprint density at radius 3 is 2.50 bits per heavy atom. The zero-order valence-corrected chi connectivity index (χ0v) is 19.4. The Kier molecular flexibility index (Phi) is 6.15. The maximum atomic E-state index is 13.4. The Balaban J connectivity index is 1.70. The van der Waals surface area contributed by atoms with Gasteiger partial charge in [0.25, 0.3) is 5.56 Å². The first kappa shape index (κ1) is 21.8. The third-order valence-electron chi connectivity index (χ3n) is 5.68. The summed E-state index contributed by atoms with van der Waals surface area (Å²) >= 11 is 1.26. The number of amides is 1. The Bertz CT molecular complexity index is 1390. The van der Waals surface area contributed by atoms with Crippen molar-refractivity contribution in [1.29, 1.82) is 0 Å². The van der Waals surface area contributed by atoms with E-state index in [1.807, 2.05) is 82.3 Å². The molecule has 0 saturated carbocycles. The van der Waals surface area contributed by atoms with Gasteiger partial charge >= 0.3 is 0 Å². The molecule has 32 heavy (non-hydrogen) atoms. The van der Waals surface area contributed by atoms with E-state index in [0.717, 1.165) is 28.1 Å². The van der Waals surface area contributed by atoms with Gasteiger partial charge in [-0.25, -0.2) is 4.98 Å². The molecule has 1 heterocycles. The number of fused-ring (bicyclic) bond motifs is 1. The SMILES string of the molecule is Cc1ccc(NC(=O)CSc2nc3ccccc3c(=O)n2-c2cccc(C)c2C)cc1C. The van der Waals surface area contributed by atoms with Crippen LogP contribution in [-0.2, 0) is 4.79 Å². The van der Waals surface area contributed by atoms with Crippen LogP contribution < -0.4 is 10.9 Å². The lowest BCUT2D eigenvalue weighted by molar-refractivity contribution is -0.113. The lowest BCUT2D eigenvalue weighted by atomic mass is 10.1. The van der Waals surface area contributed by atoms with Gasteiger partial charge in [-0.05, 0) is 80.3 Å². The molecule has 0 saturated heterocycles. The number of aromatic nitrogens is 2. The predicted molar refractivity (Wildman–Crippen MR) is 132 cm³/mol. The number of carbonyl (C=O) groups is 1. The standard InChI is InChI=1S/C26H25N3O2S/c1-16-12-13-20(14-18(16)3)27-24(30)15-32-26-28-22-10-6-5-9-21(22)25(31)29(26)23-11-7-8-17(2)19(23)4/h5-14H,15H2,1-4H3,(H,27,30). The normalized spacial score (nSPS) is 11.0. The third kappa shape index (κ3) is 4.32. The molecule has 0 aliphatic heterocycles. The summed E-state index contributed by atoms with van der Waals surface area (Å²) in [5, 5.41) is 3.99. The zero-order valence-electron chi connectivity index (χ0n) is 18.6. The van der Waals surface area contributed by atoms with Crippen molar-refractivity contribution in [1.82, 2.24) is 9.55 Å². The highest BCUT2D eigenvalue weighted by Gasteiger charge is 2.16. The van der Waals surface area contributed by atoms with Crippen molar-refractivity contribution in [3.8, 4) is 5.69 Å². The summed E-state index contributed by atoms with van der Waals surface area (Å²) in [4.78, 5) is 30.8. The van der Waals surface area contributed by atoms with Gasteiger partial charge in [-0.1, -0.05) is 42.1 Å². The molecule has 0 spiro atoms. The Hall–Kier alpha value is -3.38. The van der Waals surface area contributed by atoms with Crippen LogP contribution >= 0.6 is 11.8 Å². The summed E-state index contributed by atoms with van der Waals surface area (Å²) in [6.07, 6.45) is 0. The van der Waals surface area contributed by atoms with Gasteiger partial charge in [0.05, 0.1) is 22.3 Å². The highest BCUT2D eigenvalue weighted by atomic mass is 32.2. The van der Waals surface area contributed by atoms with Crippen LogP contribution in [0.15, 0.2) is 70.6 Å². The number of benzene rings is 3. The molecule has 0 fully saturated rings. The molecule has 0 unspecified atom stereocenters. The molecule has 3 aromatic carbocycles. The fourth-order valence-electron chi connectivity index (χ4n) is 3.55. The molecule has 5 nitrogen and oxygen atoms in total. The number of hydrogen-bond acceptors (Lipinski definition) is 4. The number of thioether (sulfide) groups is 1. The number of anilines is 1. The largest absolute Gasteiger partial charge is 0.325 e. The van der Waals surface area contributed by atoms with Crippen LogP contribution in [0.25, 0.3) is 16.6 Å². The van der Waals surface area contributed by atoms with Crippen LogP contribution in [-0.4, -0.2) is 21.2 Å². The molecular weight excluding hydrogens is 418 g/mol. The van der Waals surface area contributed by atoms with Crippen LogP contribution in [0.5, 0.6) is 0 Å². The van der Waals surface area contributed by atoms with E-state index in [9.17, 15) is 9.59 Å². The van der Waals surface area contributed by atoms with Crippen molar-refractivity contribution in [3.05, 3.63) is 93.3 Å². The number of rotatable bonds is 5. The first-order chi connectivity index (χ1) is 15.3. The maximum Gasteiger partial charge on any atom is 0.266 e. The van der Waals surface area contributed by atoms with Crippen LogP contribution in [0.4, 0.5) is 5.69 Å². The summed E-state index contributed by atoms with van der Waals surface area (Å²) in [5.41, 5.74) is 6.42. The van der Waals surface area contributed by atoms with Gasteiger partial charge in [0, 0.05) is 5.69 Å². The van der Waals surface area contributed by atoms with E-state index in [2.05, 4.69) is 5.32 Å². The van der Waals surface area contributed by atoms with Gasteiger partial charge in [-0.2, -0.15) is 0 Å². The highest BCUT2D eigenvalue weighted by Crippen LogP contribution is 2.25. The van der Waals surface area contributed by atoms with Crippen molar-refractivity contribution in [2.45, 2.75) is 32.9 Å². The summed E-state index contributed by atoms with van der Waals surface area (Å²) in [5.74, 6) is -0.00377. The molecule has 0 radical (unpaired) electrons. The molecule has 1 amide bonds. The maximum absolute atomic E-state index is 13.4. The van der Waals surface area contributed by atoms with Gasteiger partial charge in [-0.15, -0.1) is 0 Å². The lowest BCUT2D eigenvalue weighted by Crippen LogP contribution is -2.23.